The molecule has 7 heteroatoms. The van der Waals surface area contributed by atoms with Crippen LogP contribution in [0.1, 0.15) is 16.1 Å². The highest BCUT2D eigenvalue weighted by Gasteiger charge is 2.12. The number of nitrogens with two attached hydrogens (primary N) is 1. The van der Waals surface area contributed by atoms with Crippen molar-refractivity contribution in [3.63, 3.8) is 0 Å². The number of hydrogen-bond acceptors (Lipinski definition) is 5. The van der Waals surface area contributed by atoms with E-state index in [0.29, 0.717) is 11.4 Å². The summed E-state index contributed by atoms with van der Waals surface area (Å²) >= 11 is 0. The molecule has 3 aromatic heterocycles. The molecule has 7 nitrogen and oxygen atoms in total. The standard InChI is InChI=1S/C24H19N5O2/c1-15-12-21(29(28-15)20-6-7-22-18(13-20)9-11-31-22)17-8-10-26-23(14-17)27-19-4-2-16(3-5-19)24(25)30/h2-14H,1H3,(H2,25,30)(H,26,27). The lowest BCUT2D eigenvalue weighted by molar-refractivity contribution is 0.100. The van der Waals surface area contributed by atoms with E-state index >= 15 is 0 Å². The van der Waals surface area contributed by atoms with Crippen LogP contribution in [0.25, 0.3) is 27.9 Å². The molecule has 5 aromatic rings. The van der Waals surface area contributed by atoms with Crippen molar-refractivity contribution in [2.75, 3.05) is 5.32 Å². The van der Waals surface area contributed by atoms with Crippen LogP contribution in [-0.4, -0.2) is 20.7 Å². The molecule has 3 heterocycles. The molecule has 0 radical (unpaired) electrons. The third kappa shape index (κ3) is 3.64. The highest BCUT2D eigenvalue weighted by molar-refractivity contribution is 5.93. The first-order chi connectivity index (χ1) is 15.1. The highest BCUT2D eigenvalue weighted by Crippen LogP contribution is 2.28. The number of furan rings is 1. The van der Waals surface area contributed by atoms with Gasteiger partial charge in [0.25, 0.3) is 0 Å². The van der Waals surface area contributed by atoms with E-state index in [4.69, 9.17) is 10.2 Å². The first-order valence-corrected chi connectivity index (χ1v) is 9.74. The van der Waals surface area contributed by atoms with Gasteiger partial charge in [0.15, 0.2) is 0 Å². The first-order valence-electron chi connectivity index (χ1n) is 9.74. The lowest BCUT2D eigenvalue weighted by Crippen LogP contribution is -2.10. The predicted octanol–water partition coefficient (Wildman–Crippen LogP) is 4.83. The SMILES string of the molecule is Cc1cc(-c2ccnc(Nc3ccc(C(N)=O)cc3)c2)n(-c2ccc3occc3c2)n1. The number of anilines is 2. The number of primary amides is 1. The van der Waals surface area contributed by atoms with Crippen LogP contribution in [-0.2, 0) is 0 Å². The molecule has 0 unspecified atom stereocenters. The summed E-state index contributed by atoms with van der Waals surface area (Å²) in [6, 6.07) is 20.8. The summed E-state index contributed by atoms with van der Waals surface area (Å²) in [5, 5.41) is 8.97. The fraction of sp³-hybridized carbons (Fsp3) is 0.0417. The molecule has 31 heavy (non-hydrogen) atoms. The van der Waals surface area contributed by atoms with Crippen molar-refractivity contribution in [2.45, 2.75) is 6.92 Å². The Labute approximate surface area is 178 Å². The summed E-state index contributed by atoms with van der Waals surface area (Å²) in [5.41, 5.74) is 11.2. The minimum absolute atomic E-state index is 0.455. The maximum Gasteiger partial charge on any atom is 0.248 e. The molecule has 0 atom stereocenters. The van der Waals surface area contributed by atoms with Crippen molar-refractivity contribution in [1.29, 1.82) is 0 Å². The molecule has 0 aliphatic heterocycles. The van der Waals surface area contributed by atoms with Gasteiger partial charge in [0.1, 0.15) is 11.4 Å². The average Bonchev–Trinajstić information content (AvgIpc) is 3.40. The number of amides is 1. The topological polar surface area (TPSA) is 99.0 Å². The van der Waals surface area contributed by atoms with Crippen molar-refractivity contribution in [3.05, 3.63) is 90.4 Å². The molecular weight excluding hydrogens is 390 g/mol. The maximum atomic E-state index is 11.3. The van der Waals surface area contributed by atoms with E-state index < -0.39 is 5.91 Å². The number of carbonyl (C=O) groups excluding carboxylic acids is 1. The van der Waals surface area contributed by atoms with E-state index in [1.807, 2.05) is 48.0 Å². The molecule has 2 aromatic carbocycles. The molecular formula is C24H19N5O2. The molecule has 0 saturated heterocycles. The van der Waals surface area contributed by atoms with Gasteiger partial charge >= 0.3 is 0 Å². The molecule has 0 spiro atoms. The molecule has 1 amide bonds. The quantitative estimate of drug-likeness (QED) is 0.433. The number of nitrogens with zero attached hydrogens (tertiary/aromatic N) is 3. The summed E-state index contributed by atoms with van der Waals surface area (Å²) in [6.45, 7) is 1.97. The number of pyridine rings is 1. The van der Waals surface area contributed by atoms with Crippen LogP contribution in [0.2, 0.25) is 0 Å². The van der Waals surface area contributed by atoms with E-state index in [-0.39, 0.29) is 0 Å². The Morgan fingerprint density at radius 3 is 2.68 bits per heavy atom. The van der Waals surface area contributed by atoms with E-state index in [1.54, 1.807) is 36.7 Å². The van der Waals surface area contributed by atoms with Crippen molar-refractivity contribution in [3.8, 4) is 16.9 Å². The number of rotatable bonds is 5. The second kappa shape index (κ2) is 7.46. The van der Waals surface area contributed by atoms with Gasteiger partial charge in [-0.3, -0.25) is 4.79 Å². The van der Waals surface area contributed by atoms with Gasteiger partial charge in [0.2, 0.25) is 5.91 Å². The fourth-order valence-corrected chi connectivity index (χ4v) is 3.51. The van der Waals surface area contributed by atoms with Gasteiger partial charge in [0, 0.05) is 28.4 Å². The van der Waals surface area contributed by atoms with Gasteiger partial charge in [-0.1, -0.05) is 0 Å². The fourth-order valence-electron chi connectivity index (χ4n) is 3.51. The molecule has 0 bridgehead atoms. The van der Waals surface area contributed by atoms with Crippen molar-refractivity contribution >= 4 is 28.4 Å². The smallest absolute Gasteiger partial charge is 0.248 e. The zero-order valence-electron chi connectivity index (χ0n) is 16.7. The predicted molar refractivity (Wildman–Crippen MR) is 120 cm³/mol. The van der Waals surface area contributed by atoms with Crippen LogP contribution >= 0.6 is 0 Å². The lowest BCUT2D eigenvalue weighted by atomic mass is 10.1. The van der Waals surface area contributed by atoms with Gasteiger partial charge in [-0.2, -0.15) is 5.10 Å². The summed E-state index contributed by atoms with van der Waals surface area (Å²) in [7, 11) is 0. The van der Waals surface area contributed by atoms with Crippen LogP contribution in [0, 0.1) is 6.92 Å². The van der Waals surface area contributed by atoms with Crippen LogP contribution in [0.4, 0.5) is 11.5 Å². The summed E-state index contributed by atoms with van der Waals surface area (Å²) < 4.78 is 7.37. The highest BCUT2D eigenvalue weighted by atomic mass is 16.3. The Balaban J connectivity index is 1.49. The largest absolute Gasteiger partial charge is 0.464 e. The van der Waals surface area contributed by atoms with Gasteiger partial charge in [0.05, 0.1) is 23.3 Å². The monoisotopic (exact) mass is 409 g/mol. The zero-order chi connectivity index (χ0) is 21.4. The molecule has 3 N–H and O–H groups in total. The first kappa shape index (κ1) is 18.6. The molecule has 5 rings (SSSR count). The number of nitrogens with one attached hydrogen (secondary N) is 1. The third-order valence-corrected chi connectivity index (χ3v) is 5.01. The Morgan fingerprint density at radius 1 is 1.03 bits per heavy atom. The van der Waals surface area contributed by atoms with Crippen LogP contribution < -0.4 is 11.1 Å². The number of hydrogen-bond donors (Lipinski definition) is 2. The minimum atomic E-state index is -0.455. The molecule has 0 fully saturated rings. The Kier molecular flexibility index (Phi) is 4.48. The van der Waals surface area contributed by atoms with Crippen LogP contribution in [0.15, 0.2) is 83.6 Å². The van der Waals surface area contributed by atoms with E-state index in [1.165, 1.54) is 0 Å². The van der Waals surface area contributed by atoms with Gasteiger partial charge in [-0.25, -0.2) is 9.67 Å². The van der Waals surface area contributed by atoms with E-state index in [2.05, 4.69) is 21.5 Å². The van der Waals surface area contributed by atoms with Crippen molar-refractivity contribution in [1.82, 2.24) is 14.8 Å². The zero-order valence-corrected chi connectivity index (χ0v) is 16.7. The van der Waals surface area contributed by atoms with Crippen molar-refractivity contribution in [2.24, 2.45) is 5.73 Å². The number of aryl methyl sites for hydroxylation is 1. The van der Waals surface area contributed by atoms with Crippen LogP contribution in [0.5, 0.6) is 0 Å². The molecule has 0 saturated carbocycles. The lowest BCUT2D eigenvalue weighted by Gasteiger charge is -2.10. The summed E-state index contributed by atoms with van der Waals surface area (Å²) in [6.07, 6.45) is 3.43. The second-order valence-corrected chi connectivity index (χ2v) is 7.22. The van der Waals surface area contributed by atoms with Gasteiger partial charge in [-0.15, -0.1) is 0 Å². The van der Waals surface area contributed by atoms with Crippen LogP contribution in [0.3, 0.4) is 0 Å². The molecule has 152 valence electrons. The number of carbonyl (C=O) groups is 1. The Hall–Kier alpha value is -4.39. The minimum Gasteiger partial charge on any atom is -0.464 e. The average molecular weight is 409 g/mol. The Bertz CT molecular complexity index is 1400. The normalized spacial score (nSPS) is 11.0. The molecule has 0 aliphatic carbocycles. The Morgan fingerprint density at radius 2 is 1.87 bits per heavy atom. The number of benzene rings is 2. The summed E-state index contributed by atoms with van der Waals surface area (Å²) in [5.74, 6) is 0.226. The van der Waals surface area contributed by atoms with Crippen molar-refractivity contribution < 1.29 is 9.21 Å². The van der Waals surface area contributed by atoms with Gasteiger partial charge in [-0.05, 0) is 73.7 Å². The van der Waals surface area contributed by atoms with Gasteiger partial charge < -0.3 is 15.5 Å². The van der Waals surface area contributed by atoms with E-state index in [0.717, 1.165) is 39.3 Å². The number of aromatic nitrogens is 3. The number of fused-ring (bicyclic) bond motifs is 1. The second-order valence-electron chi connectivity index (χ2n) is 7.22. The third-order valence-electron chi connectivity index (χ3n) is 5.01. The van der Waals surface area contributed by atoms with E-state index in [9.17, 15) is 4.79 Å². The summed E-state index contributed by atoms with van der Waals surface area (Å²) in [4.78, 5) is 15.7. The molecule has 0 aliphatic rings. The maximum absolute atomic E-state index is 11.3.